The smallest absolute Gasteiger partial charge is 0.120 e. The van der Waals surface area contributed by atoms with Crippen molar-refractivity contribution in [1.29, 1.82) is 0 Å². The van der Waals surface area contributed by atoms with E-state index >= 15 is 0 Å². The summed E-state index contributed by atoms with van der Waals surface area (Å²) in [5.41, 5.74) is 1.01. The number of phenolic OH excluding ortho intramolecular Hbond substituents is 1. The van der Waals surface area contributed by atoms with Crippen molar-refractivity contribution in [1.82, 2.24) is 5.32 Å². The fourth-order valence-electron chi connectivity index (χ4n) is 3.23. The average Bonchev–Trinajstić information content (AvgIpc) is 2.64. The first-order valence-electron chi connectivity index (χ1n) is 7.86. The Morgan fingerprint density at radius 2 is 2.05 bits per heavy atom. The van der Waals surface area contributed by atoms with E-state index in [2.05, 4.69) is 35.1 Å². The van der Waals surface area contributed by atoms with Gasteiger partial charge in [0.25, 0.3) is 0 Å². The molecule has 0 spiro atoms. The molecule has 1 aliphatic rings. The van der Waals surface area contributed by atoms with E-state index in [1.165, 1.54) is 32.1 Å². The van der Waals surface area contributed by atoms with Crippen LogP contribution >= 0.6 is 15.9 Å². The zero-order chi connectivity index (χ0) is 14.5. The molecule has 2 N–H and O–H groups in total. The lowest BCUT2D eigenvalue weighted by molar-refractivity contribution is 0.313. The van der Waals surface area contributed by atoms with Crippen molar-refractivity contribution in [3.63, 3.8) is 0 Å². The molecule has 1 aromatic rings. The van der Waals surface area contributed by atoms with E-state index in [-0.39, 0.29) is 6.04 Å². The molecule has 3 heteroatoms. The van der Waals surface area contributed by atoms with E-state index in [0.717, 1.165) is 22.4 Å². The predicted octanol–water partition coefficient (Wildman–Crippen LogP) is 5.16. The van der Waals surface area contributed by atoms with E-state index in [1.807, 2.05) is 12.1 Å². The van der Waals surface area contributed by atoms with Crippen LogP contribution in [0.5, 0.6) is 5.75 Å². The first-order chi connectivity index (χ1) is 9.61. The number of nitrogens with one attached hydrogen (secondary N) is 1. The van der Waals surface area contributed by atoms with Crippen molar-refractivity contribution in [2.24, 2.45) is 5.92 Å². The molecule has 0 saturated heterocycles. The highest BCUT2D eigenvalue weighted by molar-refractivity contribution is 9.10. The summed E-state index contributed by atoms with van der Waals surface area (Å²) < 4.78 is 1.03. The summed E-state index contributed by atoms with van der Waals surface area (Å²) in [5.74, 6) is 1.12. The molecule has 3 unspecified atom stereocenters. The first-order valence-corrected chi connectivity index (χ1v) is 8.65. The maximum absolute atomic E-state index is 10.1. The fraction of sp³-hybridized carbons (Fsp3) is 0.647. The molecular weight excluding hydrogens is 314 g/mol. The highest BCUT2D eigenvalue weighted by atomic mass is 79.9. The van der Waals surface area contributed by atoms with Crippen LogP contribution < -0.4 is 5.32 Å². The van der Waals surface area contributed by atoms with Gasteiger partial charge in [-0.2, -0.15) is 0 Å². The molecule has 0 bridgehead atoms. The van der Waals surface area contributed by atoms with E-state index in [0.29, 0.717) is 11.8 Å². The summed E-state index contributed by atoms with van der Waals surface area (Å²) in [5, 5.41) is 13.9. The van der Waals surface area contributed by atoms with Crippen LogP contribution in [0.1, 0.15) is 64.0 Å². The van der Waals surface area contributed by atoms with Gasteiger partial charge in [-0.15, -0.1) is 0 Å². The molecule has 1 aromatic carbocycles. The topological polar surface area (TPSA) is 32.3 Å². The Bertz CT molecular complexity index is 435. The van der Waals surface area contributed by atoms with Gasteiger partial charge in [-0.25, -0.2) is 0 Å². The van der Waals surface area contributed by atoms with Gasteiger partial charge < -0.3 is 10.4 Å². The Labute approximate surface area is 131 Å². The molecule has 0 aliphatic heterocycles. The largest absolute Gasteiger partial charge is 0.508 e. The van der Waals surface area contributed by atoms with Crippen molar-refractivity contribution in [2.45, 2.75) is 64.5 Å². The Kier molecular flexibility index (Phi) is 5.91. The highest BCUT2D eigenvalue weighted by Crippen LogP contribution is 2.32. The molecule has 1 fully saturated rings. The zero-order valence-electron chi connectivity index (χ0n) is 12.5. The molecule has 1 saturated carbocycles. The van der Waals surface area contributed by atoms with Crippen molar-refractivity contribution < 1.29 is 5.11 Å². The van der Waals surface area contributed by atoms with Crippen LogP contribution in [0.4, 0.5) is 0 Å². The Balaban J connectivity index is 2.13. The molecule has 112 valence electrons. The SMILES string of the molecule is CCC(NC1CCCCCC1C)c1cc(Br)ccc1O. The minimum atomic E-state index is 0.234. The maximum atomic E-state index is 10.1. The van der Waals surface area contributed by atoms with Crippen molar-refractivity contribution in [2.75, 3.05) is 0 Å². The van der Waals surface area contributed by atoms with Gasteiger partial charge in [-0.05, 0) is 43.4 Å². The molecule has 0 amide bonds. The highest BCUT2D eigenvalue weighted by Gasteiger charge is 2.24. The van der Waals surface area contributed by atoms with Crippen LogP contribution in [-0.4, -0.2) is 11.1 Å². The van der Waals surface area contributed by atoms with E-state index in [9.17, 15) is 5.11 Å². The lowest BCUT2D eigenvalue weighted by atomic mass is 9.94. The predicted molar refractivity (Wildman–Crippen MR) is 88.0 cm³/mol. The van der Waals surface area contributed by atoms with Gasteiger partial charge in [0, 0.05) is 22.1 Å². The van der Waals surface area contributed by atoms with Crippen LogP contribution in [-0.2, 0) is 0 Å². The second kappa shape index (κ2) is 7.46. The molecule has 2 nitrogen and oxygen atoms in total. The van der Waals surface area contributed by atoms with Gasteiger partial charge in [0.05, 0.1) is 0 Å². The summed E-state index contributed by atoms with van der Waals surface area (Å²) in [6, 6.07) is 6.51. The molecule has 3 atom stereocenters. The van der Waals surface area contributed by atoms with Gasteiger partial charge in [0.1, 0.15) is 5.75 Å². The fourth-order valence-corrected chi connectivity index (χ4v) is 3.61. The normalized spacial score (nSPS) is 25.1. The standard InChI is InChI=1S/C17H26BrNO/c1-3-15(14-11-13(18)9-10-17(14)20)19-16-8-6-4-5-7-12(16)2/h9-12,15-16,19-20H,3-8H2,1-2H3. The molecule has 0 heterocycles. The lowest BCUT2D eigenvalue weighted by Crippen LogP contribution is -2.37. The summed E-state index contributed by atoms with van der Waals surface area (Å²) in [6.45, 7) is 4.54. The minimum absolute atomic E-state index is 0.234. The summed E-state index contributed by atoms with van der Waals surface area (Å²) in [4.78, 5) is 0. The number of phenols is 1. The number of benzene rings is 1. The Hall–Kier alpha value is -0.540. The number of rotatable bonds is 4. The molecule has 1 aliphatic carbocycles. The summed E-state index contributed by atoms with van der Waals surface area (Å²) >= 11 is 3.50. The van der Waals surface area contributed by atoms with Crippen molar-refractivity contribution >= 4 is 15.9 Å². The monoisotopic (exact) mass is 339 g/mol. The van der Waals surface area contributed by atoms with E-state index < -0.39 is 0 Å². The third-order valence-corrected chi connectivity index (χ3v) is 5.04. The quantitative estimate of drug-likeness (QED) is 0.742. The van der Waals surface area contributed by atoms with Crippen molar-refractivity contribution in [3.8, 4) is 5.75 Å². The van der Waals surface area contributed by atoms with Gasteiger partial charge in [0.15, 0.2) is 0 Å². The van der Waals surface area contributed by atoms with Gasteiger partial charge in [-0.3, -0.25) is 0 Å². The van der Waals surface area contributed by atoms with Gasteiger partial charge >= 0.3 is 0 Å². The number of aromatic hydroxyl groups is 1. The Morgan fingerprint density at radius 1 is 1.30 bits per heavy atom. The maximum Gasteiger partial charge on any atom is 0.120 e. The Morgan fingerprint density at radius 3 is 2.80 bits per heavy atom. The van der Waals surface area contributed by atoms with Gasteiger partial charge in [-0.1, -0.05) is 49.0 Å². The molecule has 0 aromatic heterocycles. The summed E-state index contributed by atoms with van der Waals surface area (Å²) in [7, 11) is 0. The lowest BCUT2D eigenvalue weighted by Gasteiger charge is -2.29. The number of halogens is 1. The van der Waals surface area contributed by atoms with Gasteiger partial charge in [0.2, 0.25) is 0 Å². The molecule has 20 heavy (non-hydrogen) atoms. The van der Waals surface area contributed by atoms with Crippen LogP contribution in [0.25, 0.3) is 0 Å². The first kappa shape index (κ1) is 15.8. The van der Waals surface area contributed by atoms with Crippen LogP contribution in [0.3, 0.4) is 0 Å². The molecule has 0 radical (unpaired) electrons. The average molecular weight is 340 g/mol. The van der Waals surface area contributed by atoms with Crippen LogP contribution in [0.2, 0.25) is 0 Å². The number of hydrogen-bond acceptors (Lipinski definition) is 2. The third kappa shape index (κ3) is 3.98. The molecular formula is C17H26BrNO. The molecule has 2 rings (SSSR count). The van der Waals surface area contributed by atoms with E-state index in [4.69, 9.17) is 0 Å². The zero-order valence-corrected chi connectivity index (χ0v) is 14.1. The van der Waals surface area contributed by atoms with Crippen LogP contribution in [0.15, 0.2) is 22.7 Å². The van der Waals surface area contributed by atoms with E-state index in [1.54, 1.807) is 6.07 Å². The summed E-state index contributed by atoms with van der Waals surface area (Å²) in [6.07, 6.45) is 7.61. The minimum Gasteiger partial charge on any atom is -0.508 e. The van der Waals surface area contributed by atoms with Crippen molar-refractivity contribution in [3.05, 3.63) is 28.2 Å². The third-order valence-electron chi connectivity index (χ3n) is 4.55. The second-order valence-corrected chi connectivity index (χ2v) is 6.97. The second-order valence-electron chi connectivity index (χ2n) is 6.05. The van der Waals surface area contributed by atoms with Crippen LogP contribution in [0, 0.1) is 5.92 Å². The number of hydrogen-bond donors (Lipinski definition) is 2.